The van der Waals surface area contributed by atoms with Gasteiger partial charge in [-0.3, -0.25) is 4.98 Å². The van der Waals surface area contributed by atoms with Crippen molar-refractivity contribution in [3.05, 3.63) is 53.2 Å². The molecule has 4 aromatic rings. The van der Waals surface area contributed by atoms with Gasteiger partial charge in [-0.25, -0.2) is 14.5 Å². The minimum Gasteiger partial charge on any atom is -0.381 e. The number of ether oxygens (including phenoxy) is 1. The van der Waals surface area contributed by atoms with Crippen LogP contribution >= 0.6 is 11.6 Å². The van der Waals surface area contributed by atoms with Crippen LogP contribution in [0.1, 0.15) is 30.0 Å². The fraction of sp³-hybridized carbons (Fsp3) is 0.300. The van der Waals surface area contributed by atoms with E-state index in [2.05, 4.69) is 22.2 Å². The normalized spacial score (nSPS) is 15.6. The first-order valence-corrected chi connectivity index (χ1v) is 9.42. The largest absolute Gasteiger partial charge is 0.381 e. The molecule has 5 rings (SSSR count). The highest BCUT2D eigenvalue weighted by molar-refractivity contribution is 6.30. The first-order chi connectivity index (χ1) is 13.2. The van der Waals surface area contributed by atoms with Crippen LogP contribution in [0, 0.1) is 6.92 Å². The third-order valence-corrected chi connectivity index (χ3v) is 5.43. The van der Waals surface area contributed by atoms with Crippen LogP contribution in [0.25, 0.3) is 27.8 Å². The monoisotopic (exact) mass is 379 g/mol. The molecule has 1 aliphatic rings. The molecular weight excluding hydrogens is 362 g/mol. The van der Waals surface area contributed by atoms with Gasteiger partial charge in [0.1, 0.15) is 5.15 Å². The van der Waals surface area contributed by atoms with Gasteiger partial charge in [-0.2, -0.15) is 0 Å². The molecule has 0 radical (unpaired) electrons. The molecular formula is C20H18ClN5O. The molecule has 136 valence electrons. The summed E-state index contributed by atoms with van der Waals surface area (Å²) in [5.74, 6) is 1.15. The second-order valence-electron chi connectivity index (χ2n) is 6.90. The highest BCUT2D eigenvalue weighted by Gasteiger charge is 2.18. The van der Waals surface area contributed by atoms with Crippen molar-refractivity contribution in [1.29, 1.82) is 0 Å². The van der Waals surface area contributed by atoms with E-state index in [4.69, 9.17) is 26.4 Å². The van der Waals surface area contributed by atoms with E-state index in [9.17, 15) is 0 Å². The van der Waals surface area contributed by atoms with E-state index in [-0.39, 0.29) is 0 Å². The number of pyridine rings is 3. The molecule has 7 heteroatoms. The lowest BCUT2D eigenvalue weighted by Crippen LogP contribution is -2.14. The Morgan fingerprint density at radius 1 is 1.11 bits per heavy atom. The summed E-state index contributed by atoms with van der Waals surface area (Å²) in [7, 11) is 0. The zero-order chi connectivity index (χ0) is 18.4. The molecule has 1 saturated heterocycles. The molecule has 1 fully saturated rings. The molecule has 0 atom stereocenters. The van der Waals surface area contributed by atoms with E-state index in [0.29, 0.717) is 16.9 Å². The smallest absolute Gasteiger partial charge is 0.184 e. The lowest BCUT2D eigenvalue weighted by atomic mass is 9.93. The molecule has 0 aliphatic carbocycles. The van der Waals surface area contributed by atoms with Crippen LogP contribution in [0.15, 0.2) is 36.8 Å². The fourth-order valence-corrected chi connectivity index (χ4v) is 3.86. The van der Waals surface area contributed by atoms with Gasteiger partial charge in [0.05, 0.1) is 0 Å². The van der Waals surface area contributed by atoms with Crippen LogP contribution < -0.4 is 0 Å². The molecule has 0 unspecified atom stereocenters. The maximum Gasteiger partial charge on any atom is 0.184 e. The topological polar surface area (TPSA) is 65.2 Å². The third kappa shape index (κ3) is 2.95. The predicted octanol–water partition coefficient (Wildman–Crippen LogP) is 4.20. The van der Waals surface area contributed by atoms with E-state index in [1.54, 1.807) is 6.20 Å². The molecule has 0 amide bonds. The highest BCUT2D eigenvalue weighted by Crippen LogP contribution is 2.30. The first-order valence-electron chi connectivity index (χ1n) is 9.04. The number of aromatic nitrogens is 5. The van der Waals surface area contributed by atoms with Crippen molar-refractivity contribution in [2.75, 3.05) is 13.2 Å². The number of rotatable bonds is 2. The molecule has 0 saturated carbocycles. The van der Waals surface area contributed by atoms with Crippen LogP contribution in [-0.4, -0.2) is 37.8 Å². The second kappa shape index (κ2) is 6.55. The Morgan fingerprint density at radius 2 is 1.96 bits per heavy atom. The summed E-state index contributed by atoms with van der Waals surface area (Å²) in [5, 5.41) is 7.08. The number of hydrogen-bond acceptors (Lipinski definition) is 5. The lowest BCUT2D eigenvalue weighted by molar-refractivity contribution is 0.0852. The van der Waals surface area contributed by atoms with Gasteiger partial charge in [0.2, 0.25) is 0 Å². The number of nitrogens with zero attached hydrogens (tertiary/aromatic N) is 5. The van der Waals surface area contributed by atoms with Gasteiger partial charge >= 0.3 is 0 Å². The maximum absolute atomic E-state index is 6.13. The quantitative estimate of drug-likeness (QED) is 0.488. The summed E-state index contributed by atoms with van der Waals surface area (Å²) >= 11 is 6.13. The average molecular weight is 380 g/mol. The molecule has 5 heterocycles. The molecule has 1 aliphatic heterocycles. The number of hydrogen-bond donors (Lipinski definition) is 0. The molecule has 0 aromatic carbocycles. The Bertz CT molecular complexity index is 1150. The summed E-state index contributed by atoms with van der Waals surface area (Å²) in [4.78, 5) is 13.4. The van der Waals surface area contributed by atoms with Gasteiger partial charge < -0.3 is 4.74 Å². The lowest BCUT2D eigenvalue weighted by Gasteiger charge is -2.22. The van der Waals surface area contributed by atoms with Crippen LogP contribution in [0.4, 0.5) is 0 Å². The van der Waals surface area contributed by atoms with Gasteiger partial charge in [-0.1, -0.05) is 17.7 Å². The Labute approximate surface area is 161 Å². The average Bonchev–Trinajstić information content (AvgIpc) is 3.11. The Balaban J connectivity index is 1.62. The zero-order valence-electron chi connectivity index (χ0n) is 14.9. The minimum absolute atomic E-state index is 0.444. The zero-order valence-corrected chi connectivity index (χ0v) is 15.6. The molecule has 0 bridgehead atoms. The van der Waals surface area contributed by atoms with Crippen LogP contribution in [-0.2, 0) is 4.74 Å². The molecule has 4 aromatic heterocycles. The summed E-state index contributed by atoms with van der Waals surface area (Å²) in [6, 6.07) is 6.02. The van der Waals surface area contributed by atoms with Crippen molar-refractivity contribution in [2.24, 2.45) is 0 Å². The minimum atomic E-state index is 0.444. The first kappa shape index (κ1) is 16.6. The molecule has 27 heavy (non-hydrogen) atoms. The van der Waals surface area contributed by atoms with Crippen molar-refractivity contribution in [1.82, 2.24) is 24.6 Å². The van der Waals surface area contributed by atoms with Crippen LogP contribution in [0.3, 0.4) is 0 Å². The van der Waals surface area contributed by atoms with Crippen LogP contribution in [0.2, 0.25) is 5.15 Å². The number of halogens is 1. The van der Waals surface area contributed by atoms with Crippen LogP contribution in [0.5, 0.6) is 0 Å². The Kier molecular flexibility index (Phi) is 4.02. The van der Waals surface area contributed by atoms with Crippen molar-refractivity contribution in [3.8, 4) is 11.4 Å². The van der Waals surface area contributed by atoms with Crippen molar-refractivity contribution in [3.63, 3.8) is 0 Å². The van der Waals surface area contributed by atoms with E-state index in [1.807, 2.05) is 29.8 Å². The summed E-state index contributed by atoms with van der Waals surface area (Å²) < 4.78 is 7.33. The van der Waals surface area contributed by atoms with Gasteiger partial charge in [0.15, 0.2) is 11.5 Å². The second-order valence-corrected chi connectivity index (χ2v) is 7.28. The summed E-state index contributed by atoms with van der Waals surface area (Å²) in [6.07, 6.45) is 7.74. The van der Waals surface area contributed by atoms with Crippen molar-refractivity contribution >= 4 is 28.0 Å². The molecule has 0 N–H and O–H groups in total. The van der Waals surface area contributed by atoms with E-state index < -0.39 is 0 Å². The molecule has 6 nitrogen and oxygen atoms in total. The SMILES string of the molecule is Cc1ncc(-c2nc3ccc(C4CCOCC4)cn3n2)c2cc(Cl)ncc12. The predicted molar refractivity (Wildman–Crippen MR) is 104 cm³/mol. The van der Waals surface area contributed by atoms with E-state index in [1.165, 1.54) is 5.56 Å². The van der Waals surface area contributed by atoms with Gasteiger partial charge in [0, 0.05) is 53.8 Å². The fourth-order valence-electron chi connectivity index (χ4n) is 3.71. The highest BCUT2D eigenvalue weighted by atomic mass is 35.5. The van der Waals surface area contributed by atoms with Gasteiger partial charge in [-0.05, 0) is 43.4 Å². The summed E-state index contributed by atoms with van der Waals surface area (Å²) in [5.41, 5.74) is 3.86. The maximum atomic E-state index is 6.13. The van der Waals surface area contributed by atoms with E-state index >= 15 is 0 Å². The number of fused-ring (bicyclic) bond motifs is 2. The van der Waals surface area contributed by atoms with Crippen molar-refractivity contribution < 1.29 is 4.74 Å². The number of aryl methyl sites for hydroxylation is 1. The summed E-state index contributed by atoms with van der Waals surface area (Å²) in [6.45, 7) is 3.60. The Morgan fingerprint density at radius 3 is 2.81 bits per heavy atom. The Hall–Kier alpha value is -2.57. The third-order valence-electron chi connectivity index (χ3n) is 5.23. The van der Waals surface area contributed by atoms with E-state index in [0.717, 1.165) is 53.7 Å². The van der Waals surface area contributed by atoms with Gasteiger partial charge in [0.25, 0.3) is 0 Å². The van der Waals surface area contributed by atoms with Crippen molar-refractivity contribution in [2.45, 2.75) is 25.7 Å². The standard InChI is InChI=1S/C20H18ClN5O/c1-12-16-9-23-18(21)8-15(16)17(10-22-12)20-24-19-3-2-14(11-26(19)25-20)13-4-6-27-7-5-13/h2-3,8-11,13H,4-7H2,1H3. The van der Waals surface area contributed by atoms with Gasteiger partial charge in [-0.15, -0.1) is 5.10 Å². The molecule has 0 spiro atoms.